The lowest BCUT2D eigenvalue weighted by molar-refractivity contribution is -0.124. The lowest BCUT2D eigenvalue weighted by Gasteiger charge is -2.32. The molecule has 1 saturated heterocycles. The summed E-state index contributed by atoms with van der Waals surface area (Å²) >= 11 is 0. The van der Waals surface area contributed by atoms with Gasteiger partial charge in [-0.05, 0) is 48.7 Å². The van der Waals surface area contributed by atoms with Crippen LogP contribution in [0.15, 0.2) is 78.9 Å². The largest absolute Gasteiger partial charge is 0.496 e. The van der Waals surface area contributed by atoms with E-state index in [-0.39, 0.29) is 18.6 Å². The minimum atomic E-state index is -0.0902. The van der Waals surface area contributed by atoms with E-state index in [2.05, 4.69) is 16.3 Å². The van der Waals surface area contributed by atoms with Crippen molar-refractivity contribution in [3.63, 3.8) is 0 Å². The number of hydrogen-bond acceptors (Lipinski definition) is 5. The minimum absolute atomic E-state index is 0.00560. The maximum Gasteiger partial charge on any atom is 0.258 e. The first-order chi connectivity index (χ1) is 16.7. The predicted molar refractivity (Wildman–Crippen MR) is 132 cm³/mol. The van der Waals surface area contributed by atoms with Gasteiger partial charge in [0.15, 0.2) is 6.61 Å². The fourth-order valence-corrected chi connectivity index (χ4v) is 4.10. The van der Waals surface area contributed by atoms with E-state index in [1.165, 1.54) is 5.56 Å². The summed E-state index contributed by atoms with van der Waals surface area (Å²) in [5.74, 6) is 2.24. The number of methoxy groups -OCH3 is 1. The highest BCUT2D eigenvalue weighted by atomic mass is 16.5. The molecule has 178 valence electrons. The van der Waals surface area contributed by atoms with Crippen molar-refractivity contribution < 1.29 is 19.0 Å². The lowest BCUT2D eigenvalue weighted by atomic mass is 10.0. The van der Waals surface area contributed by atoms with E-state index in [9.17, 15) is 4.79 Å². The summed E-state index contributed by atoms with van der Waals surface area (Å²) < 4.78 is 16.9. The Balaban J connectivity index is 1.15. The Morgan fingerprint density at radius 1 is 0.882 bits per heavy atom. The van der Waals surface area contributed by atoms with Crippen molar-refractivity contribution in [1.29, 1.82) is 0 Å². The second-order valence-corrected chi connectivity index (χ2v) is 8.46. The molecule has 0 radical (unpaired) electrons. The molecule has 0 bridgehead atoms. The van der Waals surface area contributed by atoms with Crippen LogP contribution >= 0.6 is 0 Å². The van der Waals surface area contributed by atoms with Crippen molar-refractivity contribution >= 4 is 5.91 Å². The smallest absolute Gasteiger partial charge is 0.258 e. The van der Waals surface area contributed by atoms with Gasteiger partial charge in [-0.15, -0.1) is 0 Å². The van der Waals surface area contributed by atoms with Crippen molar-refractivity contribution in [2.45, 2.75) is 32.0 Å². The first-order valence-corrected chi connectivity index (χ1v) is 11.7. The van der Waals surface area contributed by atoms with Crippen LogP contribution in [0.25, 0.3) is 0 Å². The van der Waals surface area contributed by atoms with Gasteiger partial charge in [0.2, 0.25) is 0 Å². The molecular weight excluding hydrogens is 428 g/mol. The number of rotatable bonds is 10. The quantitative estimate of drug-likeness (QED) is 0.485. The lowest BCUT2D eigenvalue weighted by Crippen LogP contribution is -2.45. The van der Waals surface area contributed by atoms with E-state index < -0.39 is 0 Å². The molecule has 6 heteroatoms. The van der Waals surface area contributed by atoms with Crippen LogP contribution < -0.4 is 19.5 Å². The monoisotopic (exact) mass is 460 g/mol. The summed E-state index contributed by atoms with van der Waals surface area (Å²) in [6.07, 6.45) is 1.85. The number of nitrogens with zero attached hydrogens (tertiary/aromatic N) is 1. The van der Waals surface area contributed by atoms with Crippen molar-refractivity contribution in [2.75, 3.05) is 26.8 Å². The second-order valence-electron chi connectivity index (χ2n) is 8.46. The molecular formula is C28H32N2O4. The Kier molecular flexibility index (Phi) is 8.41. The summed E-state index contributed by atoms with van der Waals surface area (Å²) in [5, 5.41) is 3.11. The zero-order valence-corrected chi connectivity index (χ0v) is 19.6. The van der Waals surface area contributed by atoms with Crippen molar-refractivity contribution in [3.8, 4) is 17.2 Å². The van der Waals surface area contributed by atoms with Crippen LogP contribution in [-0.4, -0.2) is 43.7 Å². The fourth-order valence-electron chi connectivity index (χ4n) is 4.10. The van der Waals surface area contributed by atoms with Crippen LogP contribution in [0.4, 0.5) is 0 Å². The normalized spacial score (nSPS) is 14.4. The number of carbonyl (C=O) groups excluding carboxylic acids is 1. The molecule has 0 aromatic heterocycles. The molecule has 3 aromatic carbocycles. The average Bonchev–Trinajstić information content (AvgIpc) is 2.89. The molecule has 1 heterocycles. The average molecular weight is 461 g/mol. The van der Waals surface area contributed by atoms with Gasteiger partial charge in [0.25, 0.3) is 5.91 Å². The number of likely N-dealkylation sites (tertiary alicyclic amines) is 1. The molecule has 0 atom stereocenters. The molecule has 0 spiro atoms. The second kappa shape index (κ2) is 12.1. The molecule has 3 aromatic rings. The number of hydrogen-bond donors (Lipinski definition) is 1. The van der Waals surface area contributed by atoms with Gasteiger partial charge in [0.05, 0.1) is 7.11 Å². The van der Waals surface area contributed by atoms with Gasteiger partial charge in [-0.25, -0.2) is 0 Å². The van der Waals surface area contributed by atoms with E-state index in [0.717, 1.165) is 49.5 Å². The molecule has 1 amide bonds. The van der Waals surface area contributed by atoms with Crippen molar-refractivity contribution in [2.24, 2.45) is 0 Å². The first-order valence-electron chi connectivity index (χ1n) is 11.7. The summed E-state index contributed by atoms with van der Waals surface area (Å²) in [5.41, 5.74) is 2.31. The predicted octanol–water partition coefficient (Wildman–Crippen LogP) is 4.43. The molecule has 34 heavy (non-hydrogen) atoms. The maximum absolute atomic E-state index is 12.4. The van der Waals surface area contributed by atoms with Gasteiger partial charge in [0, 0.05) is 31.2 Å². The molecule has 0 saturated carbocycles. The van der Waals surface area contributed by atoms with Crippen LogP contribution in [0.2, 0.25) is 0 Å². The molecule has 0 aliphatic carbocycles. The molecule has 6 nitrogen and oxygen atoms in total. The van der Waals surface area contributed by atoms with E-state index in [0.29, 0.717) is 12.4 Å². The van der Waals surface area contributed by atoms with E-state index in [4.69, 9.17) is 14.2 Å². The number of ether oxygens (including phenoxy) is 3. The van der Waals surface area contributed by atoms with Crippen LogP contribution in [0.3, 0.4) is 0 Å². The number of nitrogens with one attached hydrogen (secondary N) is 1. The third-order valence-corrected chi connectivity index (χ3v) is 5.98. The van der Waals surface area contributed by atoms with Crippen LogP contribution in [-0.2, 0) is 17.9 Å². The third kappa shape index (κ3) is 6.99. The zero-order chi connectivity index (χ0) is 23.6. The van der Waals surface area contributed by atoms with Crippen LogP contribution in [0.1, 0.15) is 24.0 Å². The zero-order valence-electron chi connectivity index (χ0n) is 19.6. The molecule has 1 N–H and O–H groups in total. The van der Waals surface area contributed by atoms with Crippen LogP contribution in [0, 0.1) is 0 Å². The van der Waals surface area contributed by atoms with Crippen molar-refractivity contribution in [3.05, 3.63) is 90.0 Å². The van der Waals surface area contributed by atoms with E-state index in [1.54, 1.807) is 7.11 Å². The highest BCUT2D eigenvalue weighted by molar-refractivity contribution is 5.77. The number of para-hydroxylation sites is 1. The molecule has 1 aliphatic rings. The highest BCUT2D eigenvalue weighted by Crippen LogP contribution is 2.22. The summed E-state index contributed by atoms with van der Waals surface area (Å²) in [4.78, 5) is 14.8. The van der Waals surface area contributed by atoms with Gasteiger partial charge in [-0.2, -0.15) is 0 Å². The SMILES string of the molecule is COc1ccccc1CN1CCC(NC(=O)COc2ccc(OCc3ccccc3)cc2)CC1. The Bertz CT molecular complexity index is 1030. The van der Waals surface area contributed by atoms with Gasteiger partial charge in [-0.1, -0.05) is 48.5 Å². The van der Waals surface area contributed by atoms with Crippen molar-refractivity contribution in [1.82, 2.24) is 10.2 Å². The standard InChI is InChI=1S/C28H32N2O4/c1-32-27-10-6-5-9-23(27)19-30-17-15-24(16-18-30)29-28(31)21-34-26-13-11-25(12-14-26)33-20-22-7-3-2-4-8-22/h2-14,24H,15-21H2,1H3,(H,29,31). The summed E-state index contributed by atoms with van der Waals surface area (Å²) in [6.45, 7) is 3.26. The Hall–Kier alpha value is -3.51. The summed E-state index contributed by atoms with van der Waals surface area (Å²) in [6, 6.07) is 25.7. The fraction of sp³-hybridized carbons (Fsp3) is 0.321. The van der Waals surface area contributed by atoms with Crippen LogP contribution in [0.5, 0.6) is 17.2 Å². The van der Waals surface area contributed by atoms with Gasteiger partial charge < -0.3 is 19.5 Å². The van der Waals surface area contributed by atoms with E-state index in [1.807, 2.05) is 72.8 Å². The minimum Gasteiger partial charge on any atom is -0.496 e. The highest BCUT2D eigenvalue weighted by Gasteiger charge is 2.21. The van der Waals surface area contributed by atoms with Gasteiger partial charge >= 0.3 is 0 Å². The third-order valence-electron chi connectivity index (χ3n) is 5.98. The number of benzene rings is 3. The topological polar surface area (TPSA) is 60.0 Å². The number of piperidine rings is 1. The molecule has 0 unspecified atom stereocenters. The Morgan fingerprint density at radius 3 is 2.24 bits per heavy atom. The summed E-state index contributed by atoms with van der Waals surface area (Å²) in [7, 11) is 1.71. The Morgan fingerprint density at radius 2 is 1.53 bits per heavy atom. The molecule has 1 fully saturated rings. The van der Waals surface area contributed by atoms with Gasteiger partial charge in [-0.3, -0.25) is 9.69 Å². The number of amides is 1. The molecule has 1 aliphatic heterocycles. The van der Waals surface area contributed by atoms with E-state index >= 15 is 0 Å². The maximum atomic E-state index is 12.4. The first kappa shape index (κ1) is 23.6. The van der Waals surface area contributed by atoms with Gasteiger partial charge in [0.1, 0.15) is 23.9 Å². The Labute approximate surface area is 201 Å². The molecule has 4 rings (SSSR count). The number of carbonyl (C=O) groups is 1.